The summed E-state index contributed by atoms with van der Waals surface area (Å²) in [5.74, 6) is -1.03. The maximum absolute atomic E-state index is 13.3. The number of aromatic hydroxyl groups is 1. The summed E-state index contributed by atoms with van der Waals surface area (Å²) in [6.45, 7) is 0. The van der Waals surface area contributed by atoms with E-state index in [4.69, 9.17) is 10.5 Å². The number of methoxy groups -OCH3 is 1. The van der Waals surface area contributed by atoms with E-state index in [2.05, 4.69) is 26.1 Å². The molecule has 90 valence electrons. The first-order chi connectivity index (χ1) is 8.04. The second kappa shape index (κ2) is 4.25. The Bertz CT molecular complexity index is 571. The van der Waals surface area contributed by atoms with Gasteiger partial charge < -0.3 is 15.6 Å². The molecule has 2 aromatic rings. The van der Waals surface area contributed by atoms with Crippen LogP contribution >= 0.6 is 15.9 Å². The number of ether oxygens (including phenoxy) is 1. The number of H-pyrrole nitrogens is 1. The van der Waals surface area contributed by atoms with Crippen LogP contribution in [0.25, 0.3) is 11.3 Å². The smallest absolute Gasteiger partial charge is 0.195 e. The second-order valence-electron chi connectivity index (χ2n) is 3.30. The van der Waals surface area contributed by atoms with Gasteiger partial charge in [0.25, 0.3) is 0 Å². The van der Waals surface area contributed by atoms with Gasteiger partial charge >= 0.3 is 0 Å². The quantitative estimate of drug-likeness (QED) is 0.794. The van der Waals surface area contributed by atoms with Crippen LogP contribution in [-0.2, 0) is 0 Å². The number of phenolic OH excluding ortho intramolecular Hbond substituents is 1. The number of anilines is 1. The van der Waals surface area contributed by atoms with Crippen LogP contribution < -0.4 is 10.5 Å². The minimum absolute atomic E-state index is 0.0144. The van der Waals surface area contributed by atoms with Crippen molar-refractivity contribution < 1.29 is 14.2 Å². The van der Waals surface area contributed by atoms with Gasteiger partial charge in [-0.1, -0.05) is 0 Å². The van der Waals surface area contributed by atoms with Gasteiger partial charge in [-0.25, -0.2) is 4.39 Å². The Morgan fingerprint density at radius 2 is 2.24 bits per heavy atom. The van der Waals surface area contributed by atoms with Gasteiger partial charge in [-0.3, -0.25) is 5.10 Å². The van der Waals surface area contributed by atoms with Gasteiger partial charge in [0.05, 0.1) is 18.4 Å². The van der Waals surface area contributed by atoms with Gasteiger partial charge in [0.2, 0.25) is 0 Å². The third kappa shape index (κ3) is 1.93. The lowest BCUT2D eigenvalue weighted by molar-refractivity contribution is 0.358. The molecule has 0 fully saturated rings. The molecular formula is C10H9BrFN3O2. The maximum atomic E-state index is 13.3. The topological polar surface area (TPSA) is 84.2 Å². The molecule has 0 saturated heterocycles. The molecule has 0 unspecified atom stereocenters. The SMILES string of the molecule is COc1c(O)c(F)cc(Br)c1-c1cc(N)n[nH]1. The lowest BCUT2D eigenvalue weighted by atomic mass is 10.1. The average Bonchev–Trinajstić information content (AvgIpc) is 2.69. The van der Waals surface area contributed by atoms with E-state index in [0.717, 1.165) is 6.07 Å². The van der Waals surface area contributed by atoms with Crippen molar-refractivity contribution in [1.82, 2.24) is 10.2 Å². The van der Waals surface area contributed by atoms with Gasteiger partial charge in [-0.05, 0) is 22.0 Å². The highest BCUT2D eigenvalue weighted by Gasteiger charge is 2.20. The van der Waals surface area contributed by atoms with Crippen molar-refractivity contribution in [1.29, 1.82) is 0 Å². The number of phenols is 1. The highest BCUT2D eigenvalue weighted by atomic mass is 79.9. The van der Waals surface area contributed by atoms with E-state index >= 15 is 0 Å². The van der Waals surface area contributed by atoms with Crippen molar-refractivity contribution in [2.24, 2.45) is 0 Å². The fourth-order valence-corrected chi connectivity index (χ4v) is 2.10. The molecular weight excluding hydrogens is 293 g/mol. The van der Waals surface area contributed by atoms with Crippen LogP contribution in [-0.4, -0.2) is 22.4 Å². The van der Waals surface area contributed by atoms with E-state index in [1.54, 1.807) is 6.07 Å². The molecule has 4 N–H and O–H groups in total. The van der Waals surface area contributed by atoms with Crippen molar-refractivity contribution in [3.8, 4) is 22.8 Å². The van der Waals surface area contributed by atoms with E-state index in [-0.39, 0.29) is 11.6 Å². The Morgan fingerprint density at radius 3 is 2.76 bits per heavy atom. The fraction of sp³-hybridized carbons (Fsp3) is 0.100. The highest BCUT2D eigenvalue weighted by molar-refractivity contribution is 9.10. The Morgan fingerprint density at radius 1 is 1.53 bits per heavy atom. The first kappa shape index (κ1) is 11.7. The predicted octanol–water partition coefficient (Wildman–Crippen LogP) is 2.27. The molecule has 17 heavy (non-hydrogen) atoms. The summed E-state index contributed by atoms with van der Waals surface area (Å²) >= 11 is 3.20. The molecule has 0 aliphatic heterocycles. The van der Waals surface area contributed by atoms with Crippen molar-refractivity contribution in [3.05, 3.63) is 22.4 Å². The van der Waals surface area contributed by atoms with Gasteiger partial charge in [-0.15, -0.1) is 0 Å². The summed E-state index contributed by atoms with van der Waals surface area (Å²) in [6, 6.07) is 2.70. The van der Waals surface area contributed by atoms with E-state index < -0.39 is 11.6 Å². The number of hydrogen-bond acceptors (Lipinski definition) is 4. The molecule has 0 saturated carbocycles. The molecule has 1 heterocycles. The summed E-state index contributed by atoms with van der Waals surface area (Å²) < 4.78 is 18.7. The molecule has 0 aliphatic rings. The summed E-state index contributed by atoms with van der Waals surface area (Å²) in [7, 11) is 1.34. The Kier molecular flexibility index (Phi) is 2.93. The first-order valence-corrected chi connectivity index (χ1v) is 5.40. The number of hydrogen-bond donors (Lipinski definition) is 3. The third-order valence-electron chi connectivity index (χ3n) is 2.23. The fourth-order valence-electron chi connectivity index (χ4n) is 1.50. The molecule has 0 amide bonds. The van der Waals surface area contributed by atoms with Crippen LogP contribution in [0.5, 0.6) is 11.5 Å². The summed E-state index contributed by atoms with van der Waals surface area (Å²) in [6.07, 6.45) is 0. The minimum atomic E-state index is -0.773. The molecule has 1 aromatic carbocycles. The van der Waals surface area contributed by atoms with Crippen LogP contribution in [0.1, 0.15) is 0 Å². The number of rotatable bonds is 2. The van der Waals surface area contributed by atoms with Crippen molar-refractivity contribution in [2.75, 3.05) is 12.8 Å². The molecule has 0 bridgehead atoms. The minimum Gasteiger partial charge on any atom is -0.502 e. The zero-order valence-corrected chi connectivity index (χ0v) is 10.4. The van der Waals surface area contributed by atoms with Crippen LogP contribution in [0.15, 0.2) is 16.6 Å². The standard InChI is InChI=1S/C10H9BrFN3O2/c1-17-10-8(6-3-7(13)15-14-6)4(11)2-5(12)9(10)16/h2-3,16H,1H3,(H3,13,14,15). The molecule has 0 aliphatic carbocycles. The number of halogens is 2. The Balaban J connectivity index is 2.72. The van der Waals surface area contributed by atoms with E-state index in [0.29, 0.717) is 15.7 Å². The number of nitrogens with one attached hydrogen (secondary N) is 1. The molecule has 5 nitrogen and oxygen atoms in total. The zero-order valence-electron chi connectivity index (χ0n) is 8.79. The number of nitrogens with zero attached hydrogens (tertiary/aromatic N) is 1. The van der Waals surface area contributed by atoms with E-state index in [1.165, 1.54) is 7.11 Å². The van der Waals surface area contributed by atoms with Gasteiger partial charge in [0.1, 0.15) is 5.82 Å². The summed E-state index contributed by atoms with van der Waals surface area (Å²) in [5.41, 5.74) is 6.46. The maximum Gasteiger partial charge on any atom is 0.195 e. The molecule has 0 radical (unpaired) electrons. The van der Waals surface area contributed by atoms with Crippen LogP contribution in [0.3, 0.4) is 0 Å². The predicted molar refractivity (Wildman–Crippen MR) is 64.3 cm³/mol. The Hall–Kier alpha value is -1.76. The summed E-state index contributed by atoms with van der Waals surface area (Å²) in [4.78, 5) is 0. The second-order valence-corrected chi connectivity index (χ2v) is 4.16. The first-order valence-electron chi connectivity index (χ1n) is 4.60. The molecule has 0 atom stereocenters. The van der Waals surface area contributed by atoms with Crippen molar-refractivity contribution >= 4 is 21.7 Å². The van der Waals surface area contributed by atoms with E-state index in [9.17, 15) is 9.50 Å². The van der Waals surface area contributed by atoms with Crippen LogP contribution in [0, 0.1) is 5.82 Å². The van der Waals surface area contributed by atoms with Gasteiger partial charge in [0.15, 0.2) is 17.3 Å². The largest absolute Gasteiger partial charge is 0.502 e. The van der Waals surface area contributed by atoms with Crippen LogP contribution in [0.4, 0.5) is 10.2 Å². The lowest BCUT2D eigenvalue weighted by Crippen LogP contribution is -1.93. The number of aromatic nitrogens is 2. The summed E-state index contributed by atoms with van der Waals surface area (Å²) in [5, 5.41) is 16.0. The normalized spacial score (nSPS) is 10.5. The number of aromatic amines is 1. The highest BCUT2D eigenvalue weighted by Crippen LogP contribution is 2.43. The molecule has 1 aromatic heterocycles. The molecule has 7 heteroatoms. The van der Waals surface area contributed by atoms with Crippen molar-refractivity contribution in [3.63, 3.8) is 0 Å². The number of nitrogens with two attached hydrogens (primary N) is 1. The molecule has 2 rings (SSSR count). The van der Waals surface area contributed by atoms with E-state index in [1.807, 2.05) is 0 Å². The third-order valence-corrected chi connectivity index (χ3v) is 2.86. The van der Waals surface area contributed by atoms with Gasteiger partial charge in [-0.2, -0.15) is 5.10 Å². The Labute approximate surface area is 105 Å². The lowest BCUT2D eigenvalue weighted by Gasteiger charge is -2.11. The average molecular weight is 302 g/mol. The van der Waals surface area contributed by atoms with Crippen LogP contribution in [0.2, 0.25) is 0 Å². The number of nitrogen functional groups attached to an aromatic ring is 1. The monoisotopic (exact) mass is 301 g/mol. The number of benzene rings is 1. The molecule has 0 spiro atoms. The van der Waals surface area contributed by atoms with Gasteiger partial charge in [0, 0.05) is 10.5 Å². The zero-order chi connectivity index (χ0) is 12.6. The van der Waals surface area contributed by atoms with Crippen molar-refractivity contribution in [2.45, 2.75) is 0 Å².